The highest BCUT2D eigenvalue weighted by molar-refractivity contribution is 5.81. The van der Waals surface area contributed by atoms with Gasteiger partial charge in [0.25, 0.3) is 5.91 Å². The van der Waals surface area contributed by atoms with Gasteiger partial charge in [-0.3, -0.25) is 9.59 Å². The minimum atomic E-state index is -0.583. The van der Waals surface area contributed by atoms with E-state index in [4.69, 9.17) is 9.47 Å². The Balaban J connectivity index is 1.56. The molecule has 25 heavy (non-hydrogen) atoms. The SMILES string of the molecule is CC(=O)N1CCC2(CC1)O[C@@H](C(=O)N1CCOCC1)Cn1ccnc12. The number of amides is 2. The van der Waals surface area contributed by atoms with Gasteiger partial charge < -0.3 is 23.8 Å². The molecule has 1 aromatic rings. The molecular weight excluding hydrogens is 324 g/mol. The van der Waals surface area contributed by atoms with Crippen LogP contribution in [0.1, 0.15) is 25.6 Å². The van der Waals surface area contributed by atoms with E-state index in [1.165, 1.54) is 0 Å². The number of morpholine rings is 1. The number of rotatable bonds is 1. The number of nitrogens with zero attached hydrogens (tertiary/aromatic N) is 4. The summed E-state index contributed by atoms with van der Waals surface area (Å²) < 4.78 is 13.8. The van der Waals surface area contributed by atoms with Crippen LogP contribution >= 0.6 is 0 Å². The standard InChI is InChI=1S/C17H24N4O4/c1-13(22)19-5-2-17(3-6-19)16-18-4-7-21(16)12-14(25-17)15(23)20-8-10-24-11-9-20/h4,7,14H,2-3,5-6,8-12H2,1H3/t14-/m1/s1. The highest BCUT2D eigenvalue weighted by Gasteiger charge is 2.48. The fourth-order valence-corrected chi connectivity index (χ4v) is 4.04. The Hall–Kier alpha value is -1.93. The molecular formula is C17H24N4O4. The van der Waals surface area contributed by atoms with E-state index in [0.717, 1.165) is 5.82 Å². The summed E-state index contributed by atoms with van der Waals surface area (Å²) in [7, 11) is 0. The lowest BCUT2D eigenvalue weighted by Gasteiger charge is -2.46. The second-order valence-corrected chi connectivity index (χ2v) is 6.95. The van der Waals surface area contributed by atoms with Crippen LogP contribution in [0, 0.1) is 0 Å². The normalized spacial score (nSPS) is 25.7. The van der Waals surface area contributed by atoms with Crippen LogP contribution in [-0.4, -0.2) is 76.7 Å². The molecule has 2 fully saturated rings. The van der Waals surface area contributed by atoms with E-state index >= 15 is 0 Å². The zero-order valence-electron chi connectivity index (χ0n) is 14.5. The van der Waals surface area contributed by atoms with Gasteiger partial charge in [0.1, 0.15) is 11.4 Å². The maximum atomic E-state index is 12.9. The summed E-state index contributed by atoms with van der Waals surface area (Å²) in [6.45, 7) is 5.71. The van der Waals surface area contributed by atoms with Crippen LogP contribution in [0.25, 0.3) is 0 Å². The first-order chi connectivity index (χ1) is 12.1. The number of hydrogen-bond donors (Lipinski definition) is 0. The van der Waals surface area contributed by atoms with E-state index in [-0.39, 0.29) is 11.8 Å². The molecule has 0 bridgehead atoms. The number of aromatic nitrogens is 2. The van der Waals surface area contributed by atoms with Gasteiger partial charge in [-0.2, -0.15) is 0 Å². The minimum Gasteiger partial charge on any atom is -0.378 e. The fraction of sp³-hybridized carbons (Fsp3) is 0.706. The van der Waals surface area contributed by atoms with Gasteiger partial charge in [0.2, 0.25) is 5.91 Å². The monoisotopic (exact) mass is 348 g/mol. The first-order valence-electron chi connectivity index (χ1n) is 8.90. The van der Waals surface area contributed by atoms with Crippen molar-refractivity contribution in [1.29, 1.82) is 0 Å². The van der Waals surface area contributed by atoms with Crippen molar-refractivity contribution in [2.45, 2.75) is 38.0 Å². The number of fused-ring (bicyclic) bond motifs is 2. The molecule has 4 heterocycles. The third kappa shape index (κ3) is 2.93. The van der Waals surface area contributed by atoms with Crippen LogP contribution in [0.5, 0.6) is 0 Å². The quantitative estimate of drug-likeness (QED) is 0.713. The van der Waals surface area contributed by atoms with Crippen LogP contribution < -0.4 is 0 Å². The molecule has 0 saturated carbocycles. The summed E-state index contributed by atoms with van der Waals surface area (Å²) in [4.78, 5) is 32.7. The van der Waals surface area contributed by atoms with Gasteiger partial charge in [-0.1, -0.05) is 0 Å². The topological polar surface area (TPSA) is 76.9 Å². The Bertz CT molecular complexity index is 659. The van der Waals surface area contributed by atoms with E-state index in [9.17, 15) is 9.59 Å². The second-order valence-electron chi connectivity index (χ2n) is 6.95. The number of imidazole rings is 1. The van der Waals surface area contributed by atoms with Crippen LogP contribution in [0.2, 0.25) is 0 Å². The number of hydrogen-bond acceptors (Lipinski definition) is 5. The molecule has 0 unspecified atom stereocenters. The molecule has 2 saturated heterocycles. The third-order valence-corrected chi connectivity index (χ3v) is 5.47. The van der Waals surface area contributed by atoms with Crippen molar-refractivity contribution in [2.75, 3.05) is 39.4 Å². The van der Waals surface area contributed by atoms with Crippen molar-refractivity contribution < 1.29 is 19.1 Å². The molecule has 0 radical (unpaired) electrons. The van der Waals surface area contributed by atoms with Gasteiger partial charge in [-0.05, 0) is 0 Å². The highest BCUT2D eigenvalue weighted by atomic mass is 16.5. The average molecular weight is 348 g/mol. The van der Waals surface area contributed by atoms with Crippen molar-refractivity contribution in [3.63, 3.8) is 0 Å². The van der Waals surface area contributed by atoms with Gasteiger partial charge in [0, 0.05) is 58.3 Å². The predicted octanol–water partition coefficient (Wildman–Crippen LogP) is -0.0217. The molecule has 3 aliphatic heterocycles. The highest BCUT2D eigenvalue weighted by Crippen LogP contribution is 2.40. The fourth-order valence-electron chi connectivity index (χ4n) is 4.04. The molecule has 3 aliphatic rings. The third-order valence-electron chi connectivity index (χ3n) is 5.47. The largest absolute Gasteiger partial charge is 0.378 e. The van der Waals surface area contributed by atoms with Crippen molar-refractivity contribution in [1.82, 2.24) is 19.4 Å². The Kier molecular flexibility index (Phi) is 4.24. The molecule has 0 aromatic carbocycles. The van der Waals surface area contributed by atoms with Gasteiger partial charge >= 0.3 is 0 Å². The van der Waals surface area contributed by atoms with E-state index in [0.29, 0.717) is 58.8 Å². The van der Waals surface area contributed by atoms with Crippen LogP contribution in [0.15, 0.2) is 12.4 Å². The lowest BCUT2D eigenvalue weighted by molar-refractivity contribution is -0.184. The zero-order chi connectivity index (χ0) is 17.4. The summed E-state index contributed by atoms with van der Waals surface area (Å²) >= 11 is 0. The molecule has 2 amide bonds. The van der Waals surface area contributed by atoms with Crippen molar-refractivity contribution in [2.24, 2.45) is 0 Å². The lowest BCUT2D eigenvalue weighted by Crippen LogP contribution is -2.56. The summed E-state index contributed by atoms with van der Waals surface area (Å²) in [5, 5.41) is 0. The average Bonchev–Trinajstić information content (AvgIpc) is 3.12. The van der Waals surface area contributed by atoms with Crippen LogP contribution in [0.4, 0.5) is 0 Å². The molecule has 8 heteroatoms. The number of piperidine rings is 1. The number of likely N-dealkylation sites (tertiary alicyclic amines) is 1. The van der Waals surface area contributed by atoms with Crippen LogP contribution in [-0.2, 0) is 31.2 Å². The molecule has 0 aliphatic carbocycles. The molecule has 0 N–H and O–H groups in total. The molecule has 1 spiro atoms. The second kappa shape index (κ2) is 6.42. The Morgan fingerprint density at radius 3 is 2.56 bits per heavy atom. The lowest BCUT2D eigenvalue weighted by atomic mass is 9.88. The Morgan fingerprint density at radius 1 is 1.16 bits per heavy atom. The predicted molar refractivity (Wildman–Crippen MR) is 87.7 cm³/mol. The number of carbonyl (C=O) groups excluding carboxylic acids is 2. The molecule has 136 valence electrons. The number of ether oxygens (including phenoxy) is 2. The van der Waals surface area contributed by atoms with Gasteiger partial charge in [0.05, 0.1) is 19.8 Å². The summed E-state index contributed by atoms with van der Waals surface area (Å²) in [6, 6.07) is 0. The molecule has 1 aromatic heterocycles. The summed E-state index contributed by atoms with van der Waals surface area (Å²) in [5.41, 5.74) is -0.583. The first kappa shape index (κ1) is 16.5. The minimum absolute atomic E-state index is 0.0241. The first-order valence-corrected chi connectivity index (χ1v) is 8.90. The van der Waals surface area contributed by atoms with Crippen LogP contribution in [0.3, 0.4) is 0 Å². The van der Waals surface area contributed by atoms with Crippen molar-refractivity contribution in [3.8, 4) is 0 Å². The van der Waals surface area contributed by atoms with E-state index in [2.05, 4.69) is 4.98 Å². The number of carbonyl (C=O) groups is 2. The molecule has 1 atom stereocenters. The smallest absolute Gasteiger partial charge is 0.253 e. The maximum absolute atomic E-state index is 12.9. The van der Waals surface area contributed by atoms with Crippen molar-refractivity contribution >= 4 is 11.8 Å². The van der Waals surface area contributed by atoms with Crippen molar-refractivity contribution in [3.05, 3.63) is 18.2 Å². The maximum Gasteiger partial charge on any atom is 0.253 e. The zero-order valence-corrected chi connectivity index (χ0v) is 14.5. The Labute approximate surface area is 146 Å². The van der Waals surface area contributed by atoms with E-state index in [1.54, 1.807) is 13.1 Å². The summed E-state index contributed by atoms with van der Waals surface area (Å²) in [6.07, 6.45) is 4.49. The Morgan fingerprint density at radius 2 is 1.88 bits per heavy atom. The summed E-state index contributed by atoms with van der Waals surface area (Å²) in [5.74, 6) is 0.979. The van der Waals surface area contributed by atoms with Gasteiger partial charge in [-0.15, -0.1) is 0 Å². The van der Waals surface area contributed by atoms with E-state index in [1.807, 2.05) is 20.6 Å². The molecule has 4 rings (SSSR count). The molecule has 8 nitrogen and oxygen atoms in total. The van der Waals surface area contributed by atoms with Gasteiger partial charge in [0.15, 0.2) is 6.10 Å². The van der Waals surface area contributed by atoms with E-state index < -0.39 is 11.7 Å². The van der Waals surface area contributed by atoms with Gasteiger partial charge in [-0.25, -0.2) is 4.98 Å².